The normalized spacial score (nSPS) is 16.5. The summed E-state index contributed by atoms with van der Waals surface area (Å²) in [5.41, 5.74) is 0. The molecule has 0 aromatic rings. The fourth-order valence-corrected chi connectivity index (χ4v) is 0.675. The van der Waals surface area contributed by atoms with Gasteiger partial charge in [-0.25, -0.2) is 0 Å². The molecular weight excluding hydrogens is 127 g/mol. The number of rotatable bonds is 2. The highest BCUT2D eigenvalue weighted by molar-refractivity contribution is 6.20. The van der Waals surface area contributed by atoms with Crippen LogP contribution in [0.1, 0.15) is 6.92 Å². The Hall–Kier alpha value is -1.12. The molecule has 0 spiro atoms. The summed E-state index contributed by atoms with van der Waals surface area (Å²) < 4.78 is 10.1. The van der Waals surface area contributed by atoms with Crippen LogP contribution in [0.5, 0.6) is 0 Å². The summed E-state index contributed by atoms with van der Waals surface area (Å²) in [6.45, 7) is 5.41. The zero-order chi connectivity index (χ0) is 7.40. The third-order valence-corrected chi connectivity index (χ3v) is 1.22. The molecule has 0 amide bonds. The SMILES string of the molecule is C=C/C=C\C1=C(C)OBO1. The van der Waals surface area contributed by atoms with Crippen LogP contribution in [-0.2, 0) is 9.31 Å². The van der Waals surface area contributed by atoms with Crippen LogP contribution in [0.25, 0.3) is 0 Å². The van der Waals surface area contributed by atoms with Crippen LogP contribution in [-0.4, -0.2) is 7.69 Å². The van der Waals surface area contributed by atoms with E-state index < -0.39 is 0 Å². The summed E-state index contributed by atoms with van der Waals surface area (Å²) in [4.78, 5) is 0. The molecule has 10 heavy (non-hydrogen) atoms. The zero-order valence-electron chi connectivity index (χ0n) is 5.96. The van der Waals surface area contributed by atoms with Gasteiger partial charge in [0.25, 0.3) is 0 Å². The summed E-state index contributed by atoms with van der Waals surface area (Å²) in [6, 6.07) is 0. The van der Waals surface area contributed by atoms with Gasteiger partial charge in [0.05, 0.1) is 0 Å². The Morgan fingerprint density at radius 3 is 2.80 bits per heavy atom. The van der Waals surface area contributed by atoms with Gasteiger partial charge in [0.2, 0.25) is 0 Å². The van der Waals surface area contributed by atoms with Crippen LogP contribution in [0, 0.1) is 0 Å². The lowest BCUT2D eigenvalue weighted by atomic mass is 10.4. The molecule has 52 valence electrons. The molecule has 1 rings (SSSR count). The van der Waals surface area contributed by atoms with Crippen molar-refractivity contribution in [3.8, 4) is 0 Å². The first-order valence-corrected chi connectivity index (χ1v) is 3.10. The van der Waals surface area contributed by atoms with Crippen LogP contribution < -0.4 is 0 Å². The monoisotopic (exact) mass is 136 g/mol. The minimum atomic E-state index is 0.336. The topological polar surface area (TPSA) is 18.5 Å². The minimum Gasteiger partial charge on any atom is -0.529 e. The molecule has 0 bridgehead atoms. The molecule has 0 aromatic carbocycles. The lowest BCUT2D eigenvalue weighted by Gasteiger charge is -1.91. The van der Waals surface area contributed by atoms with Gasteiger partial charge in [0, 0.05) is 0 Å². The molecular formula is C7H9BO2. The van der Waals surface area contributed by atoms with E-state index in [4.69, 9.17) is 9.31 Å². The fraction of sp³-hybridized carbons (Fsp3) is 0.143. The molecule has 1 aliphatic rings. The molecule has 3 heteroatoms. The van der Waals surface area contributed by atoms with Crippen molar-refractivity contribution in [2.24, 2.45) is 0 Å². The largest absolute Gasteiger partial charge is 0.576 e. The highest BCUT2D eigenvalue weighted by atomic mass is 16.6. The Labute approximate surface area is 61.1 Å². The van der Waals surface area contributed by atoms with E-state index in [1.165, 1.54) is 0 Å². The number of hydrogen-bond acceptors (Lipinski definition) is 2. The van der Waals surface area contributed by atoms with E-state index in [1.54, 1.807) is 6.08 Å². The van der Waals surface area contributed by atoms with Crippen LogP contribution in [0.4, 0.5) is 0 Å². The van der Waals surface area contributed by atoms with E-state index in [0.29, 0.717) is 7.69 Å². The highest BCUT2D eigenvalue weighted by Gasteiger charge is 2.11. The molecule has 0 saturated heterocycles. The highest BCUT2D eigenvalue weighted by Crippen LogP contribution is 2.14. The average molecular weight is 136 g/mol. The van der Waals surface area contributed by atoms with E-state index in [0.717, 1.165) is 11.5 Å². The predicted octanol–water partition coefficient (Wildman–Crippen LogP) is 1.27. The molecule has 0 unspecified atom stereocenters. The minimum absolute atomic E-state index is 0.336. The van der Waals surface area contributed by atoms with Gasteiger partial charge in [0.1, 0.15) is 11.5 Å². The predicted molar refractivity (Wildman–Crippen MR) is 41.4 cm³/mol. The maximum atomic E-state index is 5.09. The lowest BCUT2D eigenvalue weighted by Crippen LogP contribution is -1.87. The van der Waals surface area contributed by atoms with Crippen molar-refractivity contribution in [2.75, 3.05) is 0 Å². The zero-order valence-corrected chi connectivity index (χ0v) is 5.96. The van der Waals surface area contributed by atoms with E-state index in [2.05, 4.69) is 6.58 Å². The Kier molecular flexibility index (Phi) is 2.21. The van der Waals surface area contributed by atoms with Crippen molar-refractivity contribution in [1.29, 1.82) is 0 Å². The van der Waals surface area contributed by atoms with E-state index in [9.17, 15) is 0 Å². The summed E-state index contributed by atoms with van der Waals surface area (Å²) in [5, 5.41) is 0. The summed E-state index contributed by atoms with van der Waals surface area (Å²) in [5.74, 6) is 1.62. The van der Waals surface area contributed by atoms with Crippen LogP contribution in [0.2, 0.25) is 0 Å². The van der Waals surface area contributed by atoms with E-state index in [1.807, 2.05) is 19.1 Å². The molecule has 0 fully saturated rings. The van der Waals surface area contributed by atoms with Crippen LogP contribution >= 0.6 is 0 Å². The molecule has 1 aliphatic heterocycles. The molecule has 0 atom stereocenters. The summed E-state index contributed by atoms with van der Waals surface area (Å²) in [6.07, 6.45) is 5.34. The fourth-order valence-electron chi connectivity index (χ4n) is 0.675. The second kappa shape index (κ2) is 3.15. The van der Waals surface area contributed by atoms with Gasteiger partial charge in [-0.1, -0.05) is 18.7 Å². The van der Waals surface area contributed by atoms with Crippen LogP contribution in [0.3, 0.4) is 0 Å². The quantitative estimate of drug-likeness (QED) is 0.420. The van der Waals surface area contributed by atoms with Gasteiger partial charge in [-0.2, -0.15) is 0 Å². The first-order chi connectivity index (χ1) is 4.84. The average Bonchev–Trinajstić information content (AvgIpc) is 2.31. The Balaban J connectivity index is 2.62. The van der Waals surface area contributed by atoms with Crippen LogP contribution in [0.15, 0.2) is 36.3 Å². The van der Waals surface area contributed by atoms with Crippen molar-refractivity contribution < 1.29 is 9.31 Å². The second-order valence-corrected chi connectivity index (χ2v) is 1.92. The maximum absolute atomic E-state index is 5.09. The molecule has 0 saturated carbocycles. The van der Waals surface area contributed by atoms with Gasteiger partial charge in [0.15, 0.2) is 0 Å². The third-order valence-electron chi connectivity index (χ3n) is 1.22. The summed E-state index contributed by atoms with van der Waals surface area (Å²) >= 11 is 0. The van der Waals surface area contributed by atoms with Gasteiger partial charge in [-0.3, -0.25) is 0 Å². The van der Waals surface area contributed by atoms with Gasteiger partial charge in [-0.15, -0.1) is 0 Å². The van der Waals surface area contributed by atoms with Gasteiger partial charge >= 0.3 is 7.69 Å². The van der Waals surface area contributed by atoms with Gasteiger partial charge in [-0.05, 0) is 13.0 Å². The third kappa shape index (κ3) is 1.44. The number of allylic oxidation sites excluding steroid dienone is 4. The van der Waals surface area contributed by atoms with E-state index in [-0.39, 0.29) is 0 Å². The summed E-state index contributed by atoms with van der Waals surface area (Å²) in [7, 11) is 0.336. The molecule has 0 radical (unpaired) electrons. The van der Waals surface area contributed by atoms with Crippen molar-refractivity contribution >= 4 is 7.69 Å². The maximum Gasteiger partial charge on any atom is 0.576 e. The smallest absolute Gasteiger partial charge is 0.529 e. The second-order valence-electron chi connectivity index (χ2n) is 1.92. The standard InChI is InChI=1S/C7H9BO2/c1-3-4-5-7-6(2)9-8-10-7/h3-5,8H,1H2,2H3/b5-4-. The van der Waals surface area contributed by atoms with E-state index >= 15 is 0 Å². The van der Waals surface area contributed by atoms with Crippen molar-refractivity contribution in [2.45, 2.75) is 6.92 Å². The molecule has 1 heterocycles. The molecule has 0 N–H and O–H groups in total. The van der Waals surface area contributed by atoms with Crippen molar-refractivity contribution in [1.82, 2.24) is 0 Å². The number of hydrogen-bond donors (Lipinski definition) is 0. The first kappa shape index (κ1) is 7.00. The molecule has 0 aliphatic carbocycles. The Morgan fingerprint density at radius 2 is 2.30 bits per heavy atom. The van der Waals surface area contributed by atoms with Gasteiger partial charge < -0.3 is 9.31 Å². The lowest BCUT2D eigenvalue weighted by molar-refractivity contribution is 0.416. The van der Waals surface area contributed by atoms with Crippen molar-refractivity contribution in [3.63, 3.8) is 0 Å². The molecule has 2 nitrogen and oxygen atoms in total. The van der Waals surface area contributed by atoms with Crippen molar-refractivity contribution in [3.05, 3.63) is 36.3 Å². The Bertz CT molecular complexity index is 194. The Morgan fingerprint density at radius 1 is 1.50 bits per heavy atom. The molecule has 0 aromatic heterocycles. The first-order valence-electron chi connectivity index (χ1n) is 3.10.